The first-order valence-electron chi connectivity index (χ1n) is 16.1. The molecule has 0 unspecified atom stereocenters. The lowest BCUT2D eigenvalue weighted by Crippen LogP contribution is -2.17. The van der Waals surface area contributed by atoms with Crippen LogP contribution in [0.15, 0.2) is 120 Å². The lowest BCUT2D eigenvalue weighted by atomic mass is 10.2. The summed E-state index contributed by atoms with van der Waals surface area (Å²) in [7, 11) is 1.61. The molecule has 0 heterocycles. The Morgan fingerprint density at radius 2 is 1.10 bits per heavy atom. The SMILES string of the molecule is CCOc1cc(/C=N/NC(=O)c2ccc(OCc3ccccc3)c(OCC)c2)ccc1OCc1ccc(OCc2ccccc2)c(OC)c1. The number of nitrogens with one attached hydrogen (secondary N) is 1. The zero-order valence-corrected chi connectivity index (χ0v) is 27.9. The Balaban J connectivity index is 1.18. The molecule has 0 aliphatic rings. The molecule has 5 rings (SSSR count). The van der Waals surface area contributed by atoms with Crippen molar-refractivity contribution in [2.24, 2.45) is 5.10 Å². The Morgan fingerprint density at radius 3 is 1.69 bits per heavy atom. The molecular formula is C40H40N2O7. The fourth-order valence-electron chi connectivity index (χ4n) is 4.81. The minimum atomic E-state index is -0.385. The summed E-state index contributed by atoms with van der Waals surface area (Å²) in [4.78, 5) is 12.9. The van der Waals surface area contributed by atoms with Gasteiger partial charge in [0.1, 0.15) is 19.8 Å². The van der Waals surface area contributed by atoms with E-state index in [2.05, 4.69) is 10.5 Å². The quantitative estimate of drug-likeness (QED) is 0.0798. The topological polar surface area (TPSA) is 96.8 Å². The highest BCUT2D eigenvalue weighted by Crippen LogP contribution is 2.32. The largest absolute Gasteiger partial charge is 0.493 e. The highest BCUT2D eigenvalue weighted by Gasteiger charge is 2.13. The van der Waals surface area contributed by atoms with Gasteiger partial charge in [0, 0.05) is 5.56 Å². The van der Waals surface area contributed by atoms with Crippen LogP contribution in [0.5, 0.6) is 34.5 Å². The summed E-state index contributed by atoms with van der Waals surface area (Å²) in [5.41, 5.74) is 6.70. The van der Waals surface area contributed by atoms with Gasteiger partial charge in [-0.25, -0.2) is 5.43 Å². The van der Waals surface area contributed by atoms with Crippen LogP contribution < -0.4 is 33.8 Å². The molecule has 1 amide bonds. The van der Waals surface area contributed by atoms with E-state index in [0.29, 0.717) is 73.1 Å². The third-order valence-electron chi connectivity index (χ3n) is 7.25. The van der Waals surface area contributed by atoms with Gasteiger partial charge in [-0.15, -0.1) is 0 Å². The van der Waals surface area contributed by atoms with E-state index in [1.165, 1.54) is 0 Å². The van der Waals surface area contributed by atoms with Crippen LogP contribution >= 0.6 is 0 Å². The molecule has 9 heteroatoms. The van der Waals surface area contributed by atoms with Gasteiger partial charge in [-0.05, 0) is 84.6 Å². The first kappa shape index (κ1) is 34.4. The summed E-state index contributed by atoms with van der Waals surface area (Å²) in [5.74, 6) is 3.06. The summed E-state index contributed by atoms with van der Waals surface area (Å²) in [6.45, 7) is 5.77. The van der Waals surface area contributed by atoms with E-state index in [0.717, 1.165) is 22.3 Å². The van der Waals surface area contributed by atoms with Crippen LogP contribution in [0.1, 0.15) is 46.5 Å². The van der Waals surface area contributed by atoms with E-state index < -0.39 is 0 Å². The van der Waals surface area contributed by atoms with E-state index in [1.54, 1.807) is 31.5 Å². The van der Waals surface area contributed by atoms with Gasteiger partial charge < -0.3 is 28.4 Å². The number of hydrazone groups is 1. The average molecular weight is 661 g/mol. The van der Waals surface area contributed by atoms with E-state index in [-0.39, 0.29) is 5.91 Å². The lowest BCUT2D eigenvalue weighted by Gasteiger charge is -2.15. The molecule has 9 nitrogen and oxygen atoms in total. The van der Waals surface area contributed by atoms with Crippen LogP contribution in [0.25, 0.3) is 0 Å². The predicted molar refractivity (Wildman–Crippen MR) is 189 cm³/mol. The van der Waals surface area contributed by atoms with Crippen molar-refractivity contribution in [3.05, 3.63) is 143 Å². The molecule has 49 heavy (non-hydrogen) atoms. The van der Waals surface area contributed by atoms with Gasteiger partial charge >= 0.3 is 0 Å². The monoisotopic (exact) mass is 660 g/mol. The summed E-state index contributed by atoms with van der Waals surface area (Å²) in [6.07, 6.45) is 1.55. The number of hydrogen-bond donors (Lipinski definition) is 1. The summed E-state index contributed by atoms with van der Waals surface area (Å²) in [5, 5.41) is 4.16. The zero-order valence-electron chi connectivity index (χ0n) is 27.9. The molecule has 1 N–H and O–H groups in total. The van der Waals surface area contributed by atoms with E-state index >= 15 is 0 Å². The highest BCUT2D eigenvalue weighted by atomic mass is 16.5. The normalized spacial score (nSPS) is 10.8. The molecule has 0 atom stereocenters. The maximum Gasteiger partial charge on any atom is 0.271 e. The third kappa shape index (κ3) is 10.0. The van der Waals surface area contributed by atoms with Gasteiger partial charge in [-0.1, -0.05) is 66.7 Å². The smallest absolute Gasteiger partial charge is 0.271 e. The molecular weight excluding hydrogens is 620 g/mol. The Morgan fingerprint density at radius 1 is 0.571 bits per heavy atom. The van der Waals surface area contributed by atoms with Crippen LogP contribution in [0.3, 0.4) is 0 Å². The molecule has 5 aromatic carbocycles. The summed E-state index contributed by atoms with van der Waals surface area (Å²) >= 11 is 0. The highest BCUT2D eigenvalue weighted by molar-refractivity contribution is 5.95. The molecule has 0 aliphatic carbocycles. The number of rotatable bonds is 17. The molecule has 0 fully saturated rings. The maximum atomic E-state index is 12.9. The van der Waals surface area contributed by atoms with Crippen molar-refractivity contribution in [2.75, 3.05) is 20.3 Å². The summed E-state index contributed by atoms with van der Waals surface area (Å²) in [6, 6.07) is 36.0. The Kier molecular flexibility index (Phi) is 12.5. The van der Waals surface area contributed by atoms with Gasteiger partial charge in [-0.2, -0.15) is 5.10 Å². The van der Waals surface area contributed by atoms with Crippen molar-refractivity contribution in [2.45, 2.75) is 33.7 Å². The predicted octanol–water partition coefficient (Wildman–Crippen LogP) is 7.99. The molecule has 0 bridgehead atoms. The second-order valence-electron chi connectivity index (χ2n) is 10.8. The Labute approximate surface area is 287 Å². The van der Waals surface area contributed by atoms with E-state index in [4.69, 9.17) is 28.4 Å². The molecule has 0 radical (unpaired) electrons. The van der Waals surface area contributed by atoms with Gasteiger partial charge in [0.25, 0.3) is 5.91 Å². The van der Waals surface area contributed by atoms with Crippen molar-refractivity contribution >= 4 is 12.1 Å². The fraction of sp³-hybridized carbons (Fsp3) is 0.200. The minimum absolute atomic E-state index is 0.290. The van der Waals surface area contributed by atoms with Crippen LogP contribution in [-0.2, 0) is 19.8 Å². The number of carbonyl (C=O) groups is 1. The molecule has 0 aromatic heterocycles. The molecule has 0 saturated heterocycles. The maximum absolute atomic E-state index is 12.9. The van der Waals surface area contributed by atoms with Crippen LogP contribution in [0.2, 0.25) is 0 Å². The van der Waals surface area contributed by atoms with Crippen LogP contribution in [0, 0.1) is 0 Å². The average Bonchev–Trinajstić information content (AvgIpc) is 3.14. The number of benzene rings is 5. The third-order valence-corrected chi connectivity index (χ3v) is 7.25. The second kappa shape index (κ2) is 17.8. The van der Waals surface area contributed by atoms with Gasteiger partial charge in [-0.3, -0.25) is 4.79 Å². The van der Waals surface area contributed by atoms with Crippen molar-refractivity contribution in [1.82, 2.24) is 5.43 Å². The number of ether oxygens (including phenoxy) is 6. The lowest BCUT2D eigenvalue weighted by molar-refractivity contribution is 0.0954. The van der Waals surface area contributed by atoms with Crippen molar-refractivity contribution in [3.63, 3.8) is 0 Å². The number of carbonyl (C=O) groups excluding carboxylic acids is 1. The first-order chi connectivity index (χ1) is 24.1. The zero-order chi connectivity index (χ0) is 34.3. The van der Waals surface area contributed by atoms with E-state index in [1.807, 2.05) is 111 Å². The molecule has 0 saturated carbocycles. The standard InChI is InChI=1S/C40H40N2O7/c1-4-45-38-22-31(16-19-35(38)49-28-32-17-20-34(37(23-32)44-3)47-26-29-12-8-6-9-13-29)25-41-42-40(43)33-18-21-36(39(24-33)46-5-2)48-27-30-14-10-7-11-15-30/h6-25H,4-5,26-28H2,1-3H3,(H,42,43)/b41-25+. The Bertz CT molecular complexity index is 1830. The number of hydrogen-bond acceptors (Lipinski definition) is 8. The number of amides is 1. The van der Waals surface area contributed by atoms with Crippen molar-refractivity contribution < 1.29 is 33.2 Å². The second-order valence-corrected chi connectivity index (χ2v) is 10.8. The van der Waals surface area contributed by atoms with E-state index in [9.17, 15) is 4.79 Å². The number of nitrogens with zero attached hydrogens (tertiary/aromatic N) is 1. The Hall–Kier alpha value is -5.96. The van der Waals surface area contributed by atoms with Gasteiger partial charge in [0.05, 0.1) is 26.5 Å². The molecule has 0 spiro atoms. The molecule has 252 valence electrons. The van der Waals surface area contributed by atoms with Crippen LogP contribution in [-0.4, -0.2) is 32.4 Å². The van der Waals surface area contributed by atoms with Gasteiger partial charge in [0.2, 0.25) is 0 Å². The first-order valence-corrected chi connectivity index (χ1v) is 16.1. The molecule has 5 aromatic rings. The fourth-order valence-corrected chi connectivity index (χ4v) is 4.81. The minimum Gasteiger partial charge on any atom is -0.493 e. The van der Waals surface area contributed by atoms with Gasteiger partial charge in [0.15, 0.2) is 34.5 Å². The van der Waals surface area contributed by atoms with Crippen LogP contribution in [0.4, 0.5) is 0 Å². The summed E-state index contributed by atoms with van der Waals surface area (Å²) < 4.78 is 35.2. The number of methoxy groups -OCH3 is 1. The van der Waals surface area contributed by atoms with Crippen molar-refractivity contribution in [3.8, 4) is 34.5 Å². The van der Waals surface area contributed by atoms with Crippen molar-refractivity contribution in [1.29, 1.82) is 0 Å². The molecule has 0 aliphatic heterocycles.